The van der Waals surface area contributed by atoms with E-state index in [0.29, 0.717) is 52.7 Å². The SMILES string of the molecule is COC(=O)c1cc(OC)n2c(C)c(-c3cc4ccc(N(C)C(=O)CCCCCCCCOS(=O)(=O)Cc5ccccc5)nc4[nH]3)nc2c1. The van der Waals surface area contributed by atoms with E-state index in [1.807, 2.05) is 35.6 Å². The van der Waals surface area contributed by atoms with Crippen LogP contribution in [0, 0.1) is 6.92 Å². The summed E-state index contributed by atoms with van der Waals surface area (Å²) in [4.78, 5) is 39.5. The summed E-state index contributed by atoms with van der Waals surface area (Å²) in [5, 5.41) is 0.868. The number of rotatable bonds is 16. The van der Waals surface area contributed by atoms with E-state index in [0.717, 1.165) is 48.9 Å². The molecule has 0 bridgehead atoms. The van der Waals surface area contributed by atoms with Gasteiger partial charge in [-0.2, -0.15) is 8.42 Å². The highest BCUT2D eigenvalue weighted by Crippen LogP contribution is 2.31. The third-order valence-corrected chi connectivity index (χ3v) is 9.43. The molecule has 1 amide bonds. The molecule has 0 unspecified atom stereocenters. The number of benzene rings is 1. The summed E-state index contributed by atoms with van der Waals surface area (Å²) in [6.45, 7) is 2.10. The van der Waals surface area contributed by atoms with Crippen LogP contribution in [0.5, 0.6) is 5.88 Å². The Kier molecular flexibility index (Phi) is 11.1. The largest absolute Gasteiger partial charge is 0.482 e. The predicted octanol–water partition coefficient (Wildman–Crippen LogP) is 6.22. The molecule has 12 nitrogen and oxygen atoms in total. The van der Waals surface area contributed by atoms with E-state index in [1.54, 1.807) is 48.3 Å². The number of fused-ring (bicyclic) bond motifs is 2. The summed E-state index contributed by atoms with van der Waals surface area (Å²) in [5.74, 6) is 0.381. The third kappa shape index (κ3) is 8.20. The number of carbonyl (C=O) groups excluding carboxylic acids is 2. The van der Waals surface area contributed by atoms with Gasteiger partial charge in [-0.1, -0.05) is 56.0 Å². The number of methoxy groups -OCH3 is 2. The van der Waals surface area contributed by atoms with Crippen molar-refractivity contribution in [3.05, 3.63) is 77.5 Å². The molecule has 0 atom stereocenters. The number of hydrogen-bond donors (Lipinski definition) is 1. The van der Waals surface area contributed by atoms with Gasteiger partial charge in [0.2, 0.25) is 5.91 Å². The van der Waals surface area contributed by atoms with Crippen molar-refractivity contribution in [1.82, 2.24) is 19.4 Å². The zero-order chi connectivity index (χ0) is 34.3. The monoisotopic (exact) mass is 675 g/mol. The molecule has 5 aromatic rings. The predicted molar refractivity (Wildman–Crippen MR) is 184 cm³/mol. The zero-order valence-corrected chi connectivity index (χ0v) is 28.5. The van der Waals surface area contributed by atoms with Gasteiger partial charge in [-0.15, -0.1) is 0 Å². The highest BCUT2D eigenvalue weighted by Gasteiger charge is 2.20. The van der Waals surface area contributed by atoms with Crippen LogP contribution in [0.15, 0.2) is 60.7 Å². The molecule has 13 heteroatoms. The highest BCUT2D eigenvalue weighted by atomic mass is 32.2. The Hall–Kier alpha value is -4.75. The summed E-state index contributed by atoms with van der Waals surface area (Å²) in [7, 11) is 1.00. The van der Waals surface area contributed by atoms with E-state index < -0.39 is 16.1 Å². The van der Waals surface area contributed by atoms with Gasteiger partial charge in [0.25, 0.3) is 10.1 Å². The number of amides is 1. The molecule has 254 valence electrons. The lowest BCUT2D eigenvalue weighted by molar-refractivity contribution is -0.118. The fourth-order valence-electron chi connectivity index (χ4n) is 5.61. The van der Waals surface area contributed by atoms with Crippen LogP contribution < -0.4 is 9.64 Å². The molecule has 0 saturated carbocycles. The minimum atomic E-state index is -3.58. The normalized spacial score (nSPS) is 11.7. The van der Waals surface area contributed by atoms with Gasteiger partial charge in [-0.25, -0.2) is 14.8 Å². The smallest absolute Gasteiger partial charge is 0.338 e. The number of imidazole rings is 1. The Morgan fingerprint density at radius 3 is 2.38 bits per heavy atom. The molecule has 1 N–H and O–H groups in total. The molecular formula is C35H41N5O7S. The molecule has 5 rings (SSSR count). The fourth-order valence-corrected chi connectivity index (χ4v) is 6.67. The summed E-state index contributed by atoms with van der Waals surface area (Å²) in [5.41, 5.74) is 4.45. The van der Waals surface area contributed by atoms with Gasteiger partial charge in [0.15, 0.2) is 5.88 Å². The molecule has 4 heterocycles. The van der Waals surface area contributed by atoms with Crippen LogP contribution in [0.4, 0.5) is 5.82 Å². The minimum absolute atomic E-state index is 0.0182. The van der Waals surface area contributed by atoms with E-state index in [2.05, 4.69) is 4.98 Å². The van der Waals surface area contributed by atoms with Crippen molar-refractivity contribution in [2.75, 3.05) is 32.8 Å². The molecule has 0 saturated heterocycles. The first-order chi connectivity index (χ1) is 23.1. The summed E-state index contributed by atoms with van der Waals surface area (Å²) in [6, 6.07) is 18.0. The van der Waals surface area contributed by atoms with E-state index >= 15 is 0 Å². The Bertz CT molecular complexity index is 2000. The van der Waals surface area contributed by atoms with Gasteiger partial charge in [0.1, 0.15) is 28.6 Å². The second-order valence-electron chi connectivity index (χ2n) is 11.6. The van der Waals surface area contributed by atoms with Crippen molar-refractivity contribution in [3.8, 4) is 17.3 Å². The number of aromatic nitrogens is 4. The number of H-pyrrole nitrogens is 1. The molecule has 0 fully saturated rings. The molecule has 0 aliphatic rings. The molecule has 0 radical (unpaired) electrons. The number of hydrogen-bond acceptors (Lipinski definition) is 9. The summed E-state index contributed by atoms with van der Waals surface area (Å²) >= 11 is 0. The Labute approximate surface area is 280 Å². The van der Waals surface area contributed by atoms with E-state index in [1.165, 1.54) is 14.2 Å². The fraction of sp³-hybridized carbons (Fsp3) is 0.371. The highest BCUT2D eigenvalue weighted by molar-refractivity contribution is 7.85. The summed E-state index contributed by atoms with van der Waals surface area (Å²) in [6.07, 6.45) is 5.52. The molecule has 0 aliphatic heterocycles. The number of pyridine rings is 2. The van der Waals surface area contributed by atoms with Gasteiger partial charge >= 0.3 is 5.97 Å². The number of aryl methyl sites for hydroxylation is 1. The number of esters is 1. The minimum Gasteiger partial charge on any atom is -0.482 e. The van der Waals surface area contributed by atoms with Gasteiger partial charge < -0.3 is 14.5 Å². The molecule has 0 aliphatic carbocycles. The van der Waals surface area contributed by atoms with Crippen LogP contribution in [0.1, 0.15) is 66.6 Å². The lowest BCUT2D eigenvalue weighted by Gasteiger charge is -2.16. The van der Waals surface area contributed by atoms with Crippen molar-refractivity contribution < 1.29 is 31.7 Å². The third-order valence-electron chi connectivity index (χ3n) is 8.22. The van der Waals surface area contributed by atoms with Crippen LogP contribution in [0.3, 0.4) is 0 Å². The Balaban J connectivity index is 1.10. The summed E-state index contributed by atoms with van der Waals surface area (Å²) < 4.78 is 41.6. The van der Waals surface area contributed by atoms with Crippen molar-refractivity contribution in [1.29, 1.82) is 0 Å². The van der Waals surface area contributed by atoms with E-state index in [9.17, 15) is 18.0 Å². The second-order valence-corrected chi connectivity index (χ2v) is 13.3. The number of unbranched alkanes of at least 4 members (excludes halogenated alkanes) is 5. The maximum absolute atomic E-state index is 13.0. The lowest BCUT2D eigenvalue weighted by Crippen LogP contribution is -2.26. The molecular weight excluding hydrogens is 634 g/mol. The van der Waals surface area contributed by atoms with Gasteiger partial charge in [-0.3, -0.25) is 18.3 Å². The second kappa shape index (κ2) is 15.4. The standard InChI is InChI=1S/C35H41N5O7S/c1-24-33(37-30-21-27(35(42)46-4)22-32(45-3)40(24)30)28-20-26-17-18-29(38-34(26)36-28)39(2)31(41)16-12-7-5-6-8-13-19-47-48(43,44)23-25-14-10-9-11-15-25/h9-11,14-15,17-18,20-22H,5-8,12-13,16,19,23H2,1-4H3,(H,36,38). The first-order valence-corrected chi connectivity index (χ1v) is 17.5. The van der Waals surface area contributed by atoms with Crippen LogP contribution in [-0.2, 0) is 29.6 Å². The first-order valence-electron chi connectivity index (χ1n) is 15.9. The van der Waals surface area contributed by atoms with Crippen LogP contribution in [0.25, 0.3) is 28.1 Å². The van der Waals surface area contributed by atoms with Crippen LogP contribution >= 0.6 is 0 Å². The number of aromatic amines is 1. The van der Waals surface area contributed by atoms with Gasteiger partial charge in [-0.05, 0) is 49.6 Å². The van der Waals surface area contributed by atoms with Crippen molar-refractivity contribution in [3.63, 3.8) is 0 Å². The zero-order valence-electron chi connectivity index (χ0n) is 27.7. The lowest BCUT2D eigenvalue weighted by atomic mass is 10.1. The van der Waals surface area contributed by atoms with E-state index in [4.69, 9.17) is 23.6 Å². The van der Waals surface area contributed by atoms with Crippen LogP contribution in [0.2, 0.25) is 0 Å². The van der Waals surface area contributed by atoms with Gasteiger partial charge in [0.05, 0.1) is 37.8 Å². The molecule has 0 spiro atoms. The van der Waals surface area contributed by atoms with E-state index in [-0.39, 0.29) is 18.3 Å². The first kappa shape index (κ1) is 34.6. The Morgan fingerprint density at radius 2 is 1.65 bits per heavy atom. The van der Waals surface area contributed by atoms with Crippen molar-refractivity contribution >= 4 is 44.5 Å². The maximum Gasteiger partial charge on any atom is 0.338 e. The molecule has 4 aromatic heterocycles. The van der Waals surface area contributed by atoms with Crippen molar-refractivity contribution in [2.45, 2.75) is 57.6 Å². The number of anilines is 1. The number of carbonyl (C=O) groups is 2. The number of ether oxygens (including phenoxy) is 2. The van der Waals surface area contributed by atoms with Gasteiger partial charge in [0, 0.05) is 24.9 Å². The topological polar surface area (TPSA) is 145 Å². The maximum atomic E-state index is 13.0. The van der Waals surface area contributed by atoms with Crippen LogP contribution in [-0.4, -0.2) is 67.5 Å². The quantitative estimate of drug-likeness (QED) is 0.0732. The molecule has 48 heavy (non-hydrogen) atoms. The number of nitrogens with one attached hydrogen (secondary N) is 1. The number of nitrogens with zero attached hydrogens (tertiary/aromatic N) is 4. The molecule has 1 aromatic carbocycles. The van der Waals surface area contributed by atoms with Crippen molar-refractivity contribution in [2.24, 2.45) is 0 Å². The average Bonchev–Trinajstić information content (AvgIpc) is 3.66. The average molecular weight is 676 g/mol. The Morgan fingerprint density at radius 1 is 0.917 bits per heavy atom.